The van der Waals surface area contributed by atoms with Gasteiger partial charge in [0, 0.05) is 19.2 Å². The van der Waals surface area contributed by atoms with Crippen LogP contribution >= 0.6 is 0 Å². The molecular weight excluding hydrogens is 294 g/mol. The van der Waals surface area contributed by atoms with E-state index in [2.05, 4.69) is 5.10 Å². The van der Waals surface area contributed by atoms with E-state index in [1.165, 1.54) is 0 Å². The van der Waals surface area contributed by atoms with E-state index in [4.69, 9.17) is 9.47 Å². The molecule has 1 aromatic carbocycles. The van der Waals surface area contributed by atoms with E-state index in [9.17, 15) is 4.79 Å². The summed E-state index contributed by atoms with van der Waals surface area (Å²) in [4.78, 5) is 14.9. The number of aryl methyl sites for hydroxylation is 2. The molecule has 0 N–H and O–H groups in total. The lowest BCUT2D eigenvalue weighted by Gasteiger charge is -2.22. The van der Waals surface area contributed by atoms with Crippen LogP contribution in [0, 0.1) is 6.92 Å². The summed E-state index contributed by atoms with van der Waals surface area (Å²) in [6, 6.07) is 7.82. The molecule has 1 atom stereocenters. The van der Waals surface area contributed by atoms with Crippen LogP contribution in [0.4, 0.5) is 0 Å². The highest BCUT2D eigenvalue weighted by Crippen LogP contribution is 2.28. The molecule has 0 bridgehead atoms. The van der Waals surface area contributed by atoms with Gasteiger partial charge in [-0.1, -0.05) is 18.2 Å². The predicted octanol–water partition coefficient (Wildman–Crippen LogP) is 2.16. The van der Waals surface area contributed by atoms with Crippen LogP contribution < -0.4 is 9.47 Å². The Balaban J connectivity index is 1.97. The third-order valence-electron chi connectivity index (χ3n) is 4.00. The number of hydrogen-bond acceptors (Lipinski definition) is 4. The smallest absolute Gasteiger partial charge is 0.261 e. The number of aromatic nitrogens is 2. The Morgan fingerprint density at radius 2 is 2.13 bits per heavy atom. The molecule has 0 spiro atoms. The zero-order valence-electron chi connectivity index (χ0n) is 13.9. The molecule has 0 saturated heterocycles. The number of methoxy groups -OCH3 is 1. The minimum Gasteiger partial charge on any atom is -0.489 e. The molecule has 23 heavy (non-hydrogen) atoms. The molecule has 6 nitrogen and oxygen atoms in total. The van der Waals surface area contributed by atoms with Crippen molar-refractivity contribution in [1.82, 2.24) is 14.7 Å². The van der Waals surface area contributed by atoms with Gasteiger partial charge in [0.25, 0.3) is 5.91 Å². The lowest BCUT2D eigenvalue weighted by Crippen LogP contribution is -2.36. The molecule has 1 aromatic heterocycles. The molecule has 122 valence electrons. The summed E-state index contributed by atoms with van der Waals surface area (Å²) in [6.45, 7) is 4.82. The van der Waals surface area contributed by atoms with Gasteiger partial charge < -0.3 is 14.4 Å². The topological polar surface area (TPSA) is 56.6 Å². The fraction of sp³-hybridized carbons (Fsp3) is 0.412. The molecular formula is C17H21N3O3. The SMILES string of the molecule is COc1c(C(=O)N2Cc3ccccc3OC(C)C2)c(C)nn1C. The lowest BCUT2D eigenvalue weighted by molar-refractivity contribution is 0.0686. The average Bonchev–Trinajstić information content (AvgIpc) is 2.70. The van der Waals surface area contributed by atoms with Gasteiger partial charge in [-0.2, -0.15) is 5.10 Å². The van der Waals surface area contributed by atoms with Crippen LogP contribution in [-0.4, -0.2) is 40.3 Å². The zero-order valence-corrected chi connectivity index (χ0v) is 13.9. The van der Waals surface area contributed by atoms with Gasteiger partial charge in [-0.25, -0.2) is 4.68 Å². The number of amides is 1. The Morgan fingerprint density at radius 3 is 2.87 bits per heavy atom. The lowest BCUT2D eigenvalue weighted by atomic mass is 10.1. The van der Waals surface area contributed by atoms with Crippen LogP contribution in [0.25, 0.3) is 0 Å². The summed E-state index contributed by atoms with van der Waals surface area (Å²) in [5, 5.41) is 4.30. The number of carbonyl (C=O) groups excluding carboxylic acids is 1. The molecule has 6 heteroatoms. The summed E-state index contributed by atoms with van der Waals surface area (Å²) in [5.74, 6) is 1.24. The average molecular weight is 315 g/mol. The van der Waals surface area contributed by atoms with Gasteiger partial charge in [0.05, 0.1) is 19.3 Å². The second-order valence-electron chi connectivity index (χ2n) is 5.82. The van der Waals surface area contributed by atoms with Gasteiger partial charge in [-0.15, -0.1) is 0 Å². The third kappa shape index (κ3) is 2.76. The first-order valence-electron chi connectivity index (χ1n) is 7.62. The molecule has 1 amide bonds. The monoisotopic (exact) mass is 315 g/mol. The van der Waals surface area contributed by atoms with Crippen molar-refractivity contribution in [2.75, 3.05) is 13.7 Å². The number of para-hydroxylation sites is 1. The Morgan fingerprint density at radius 1 is 1.39 bits per heavy atom. The van der Waals surface area contributed by atoms with E-state index in [0.717, 1.165) is 11.3 Å². The highest BCUT2D eigenvalue weighted by atomic mass is 16.5. The Kier molecular flexibility index (Phi) is 3.98. The van der Waals surface area contributed by atoms with Crippen molar-refractivity contribution in [3.05, 3.63) is 41.1 Å². The van der Waals surface area contributed by atoms with E-state index in [0.29, 0.717) is 30.2 Å². The molecule has 0 radical (unpaired) electrons. The van der Waals surface area contributed by atoms with E-state index >= 15 is 0 Å². The van der Waals surface area contributed by atoms with E-state index in [-0.39, 0.29) is 12.0 Å². The molecule has 1 aliphatic heterocycles. The summed E-state index contributed by atoms with van der Waals surface area (Å²) in [5.41, 5.74) is 2.19. The number of carbonyl (C=O) groups is 1. The minimum atomic E-state index is -0.0837. The molecule has 0 fully saturated rings. The first kappa shape index (κ1) is 15.4. The highest BCUT2D eigenvalue weighted by molar-refractivity contribution is 5.97. The quantitative estimate of drug-likeness (QED) is 0.852. The van der Waals surface area contributed by atoms with Gasteiger partial charge in [0.2, 0.25) is 5.88 Å². The van der Waals surface area contributed by atoms with Gasteiger partial charge in [-0.3, -0.25) is 4.79 Å². The fourth-order valence-electron chi connectivity index (χ4n) is 3.01. The first-order valence-corrected chi connectivity index (χ1v) is 7.62. The Bertz CT molecular complexity index is 739. The van der Waals surface area contributed by atoms with Gasteiger partial charge in [0.15, 0.2) is 0 Å². The van der Waals surface area contributed by atoms with Crippen molar-refractivity contribution in [3.8, 4) is 11.6 Å². The predicted molar refractivity (Wildman–Crippen MR) is 85.8 cm³/mol. The molecule has 2 aromatic rings. The van der Waals surface area contributed by atoms with Crippen LogP contribution in [0.5, 0.6) is 11.6 Å². The van der Waals surface area contributed by atoms with Crippen molar-refractivity contribution in [1.29, 1.82) is 0 Å². The largest absolute Gasteiger partial charge is 0.489 e. The van der Waals surface area contributed by atoms with Crippen LogP contribution in [0.3, 0.4) is 0 Å². The molecule has 0 saturated carbocycles. The van der Waals surface area contributed by atoms with Crippen LogP contribution in [-0.2, 0) is 13.6 Å². The normalized spacial score (nSPS) is 17.2. The maximum absolute atomic E-state index is 13.1. The van der Waals surface area contributed by atoms with Gasteiger partial charge in [0.1, 0.15) is 17.4 Å². The molecule has 1 unspecified atom stereocenters. The van der Waals surface area contributed by atoms with Crippen molar-refractivity contribution < 1.29 is 14.3 Å². The minimum absolute atomic E-state index is 0.0782. The molecule has 1 aliphatic rings. The molecule has 0 aliphatic carbocycles. The summed E-state index contributed by atoms with van der Waals surface area (Å²) < 4.78 is 12.9. The Labute approximate surface area is 135 Å². The summed E-state index contributed by atoms with van der Waals surface area (Å²) in [6.07, 6.45) is -0.0782. The van der Waals surface area contributed by atoms with Crippen molar-refractivity contribution in [2.24, 2.45) is 7.05 Å². The zero-order chi connectivity index (χ0) is 16.6. The number of fused-ring (bicyclic) bond motifs is 1. The highest BCUT2D eigenvalue weighted by Gasteiger charge is 2.29. The number of nitrogens with zero attached hydrogens (tertiary/aromatic N) is 3. The fourth-order valence-corrected chi connectivity index (χ4v) is 3.01. The number of rotatable bonds is 2. The molecule has 3 rings (SSSR count). The standard InChI is InChI=1S/C17H21N3O3/c1-11-9-20(10-13-7-5-6-8-14(13)23-11)16(21)15-12(2)18-19(3)17(15)22-4/h5-8,11H,9-10H2,1-4H3. The van der Waals surface area contributed by atoms with Crippen molar-refractivity contribution >= 4 is 5.91 Å². The second kappa shape index (κ2) is 5.95. The number of benzene rings is 1. The number of ether oxygens (including phenoxy) is 2. The maximum Gasteiger partial charge on any atom is 0.261 e. The summed E-state index contributed by atoms with van der Waals surface area (Å²) in [7, 11) is 3.32. The maximum atomic E-state index is 13.1. The van der Waals surface area contributed by atoms with Crippen LogP contribution in [0.2, 0.25) is 0 Å². The molecule has 2 heterocycles. The number of hydrogen-bond donors (Lipinski definition) is 0. The second-order valence-corrected chi connectivity index (χ2v) is 5.82. The van der Waals surface area contributed by atoms with Crippen molar-refractivity contribution in [2.45, 2.75) is 26.5 Å². The summed E-state index contributed by atoms with van der Waals surface area (Å²) >= 11 is 0. The van der Waals surface area contributed by atoms with Gasteiger partial charge >= 0.3 is 0 Å². The van der Waals surface area contributed by atoms with Gasteiger partial charge in [-0.05, 0) is 19.9 Å². The Hall–Kier alpha value is -2.50. The van der Waals surface area contributed by atoms with E-state index in [1.807, 2.05) is 38.1 Å². The first-order chi connectivity index (χ1) is 11.0. The van der Waals surface area contributed by atoms with E-state index < -0.39 is 0 Å². The third-order valence-corrected chi connectivity index (χ3v) is 4.00. The van der Waals surface area contributed by atoms with E-state index in [1.54, 1.807) is 23.7 Å². The van der Waals surface area contributed by atoms with Crippen LogP contribution in [0.15, 0.2) is 24.3 Å². The van der Waals surface area contributed by atoms with Crippen molar-refractivity contribution in [3.63, 3.8) is 0 Å². The van der Waals surface area contributed by atoms with Crippen LogP contribution in [0.1, 0.15) is 28.5 Å².